The van der Waals surface area contributed by atoms with Crippen molar-refractivity contribution in [3.63, 3.8) is 0 Å². The third kappa shape index (κ3) is 2.75. The third-order valence-corrected chi connectivity index (χ3v) is 7.77. The molecule has 0 radical (unpaired) electrons. The van der Waals surface area contributed by atoms with E-state index < -0.39 is 10.0 Å². The summed E-state index contributed by atoms with van der Waals surface area (Å²) in [4.78, 5) is 24.7. The molecule has 114 valence electrons. The van der Waals surface area contributed by atoms with Crippen molar-refractivity contribution in [3.8, 4) is 0 Å². The number of amides is 2. The average Bonchev–Trinajstić information content (AvgIpc) is 3.10. The van der Waals surface area contributed by atoms with Gasteiger partial charge in [-0.1, -0.05) is 17.8 Å². The van der Waals surface area contributed by atoms with Crippen molar-refractivity contribution in [2.75, 3.05) is 18.8 Å². The fourth-order valence-corrected chi connectivity index (χ4v) is 5.99. The van der Waals surface area contributed by atoms with Crippen molar-refractivity contribution in [2.24, 2.45) is 0 Å². The topological polar surface area (TPSA) is 74.8 Å². The number of nitrogens with zero attached hydrogens (tertiary/aromatic N) is 2. The van der Waals surface area contributed by atoms with Gasteiger partial charge in [-0.15, -0.1) is 11.3 Å². The van der Waals surface area contributed by atoms with E-state index in [-0.39, 0.29) is 22.9 Å². The average molecular weight is 346 g/mol. The van der Waals surface area contributed by atoms with E-state index in [1.165, 1.54) is 20.5 Å². The van der Waals surface area contributed by atoms with E-state index in [1.54, 1.807) is 17.5 Å². The number of hydrogen-bond donors (Lipinski definition) is 0. The lowest BCUT2D eigenvalue weighted by molar-refractivity contribution is -0.126. The Hall–Kier alpha value is -0.900. The molecule has 2 fully saturated rings. The fraction of sp³-hybridized carbons (Fsp3) is 0.500. The van der Waals surface area contributed by atoms with E-state index in [2.05, 4.69) is 0 Å². The molecule has 9 heteroatoms. The first-order valence-electron chi connectivity index (χ1n) is 6.52. The molecule has 0 bridgehead atoms. The van der Waals surface area contributed by atoms with Gasteiger partial charge in [-0.05, 0) is 24.3 Å². The summed E-state index contributed by atoms with van der Waals surface area (Å²) in [6.07, 6.45) is 1.01. The molecule has 0 atom stereocenters. The predicted octanol–water partition coefficient (Wildman–Crippen LogP) is 1.60. The van der Waals surface area contributed by atoms with Gasteiger partial charge in [0.1, 0.15) is 4.21 Å². The Balaban J connectivity index is 1.68. The maximum atomic E-state index is 12.4. The lowest BCUT2D eigenvalue weighted by atomic mass is 10.1. The third-order valence-electron chi connectivity index (χ3n) is 3.66. The molecule has 0 aliphatic carbocycles. The van der Waals surface area contributed by atoms with E-state index >= 15 is 0 Å². The van der Waals surface area contributed by atoms with Crippen LogP contribution >= 0.6 is 23.1 Å². The highest BCUT2D eigenvalue weighted by atomic mass is 32.2. The second kappa shape index (κ2) is 5.71. The number of carbonyl (C=O) groups is 2. The van der Waals surface area contributed by atoms with Crippen molar-refractivity contribution in [1.29, 1.82) is 0 Å². The molecule has 21 heavy (non-hydrogen) atoms. The molecule has 2 aliphatic heterocycles. The highest BCUT2D eigenvalue weighted by molar-refractivity contribution is 8.14. The zero-order valence-electron chi connectivity index (χ0n) is 11.1. The van der Waals surface area contributed by atoms with Crippen LogP contribution < -0.4 is 0 Å². The van der Waals surface area contributed by atoms with Crippen LogP contribution in [0.25, 0.3) is 0 Å². The summed E-state index contributed by atoms with van der Waals surface area (Å²) >= 11 is 2.22. The molecule has 0 spiro atoms. The number of piperidine rings is 1. The Bertz CT molecular complexity index is 632. The molecule has 1 aromatic heterocycles. The van der Waals surface area contributed by atoms with Gasteiger partial charge in [-0.3, -0.25) is 14.5 Å². The Morgan fingerprint density at radius 3 is 2.43 bits per heavy atom. The van der Waals surface area contributed by atoms with Crippen LogP contribution in [0.3, 0.4) is 0 Å². The van der Waals surface area contributed by atoms with E-state index in [4.69, 9.17) is 0 Å². The van der Waals surface area contributed by atoms with Crippen LogP contribution in [-0.2, 0) is 14.8 Å². The second-order valence-corrected chi connectivity index (χ2v) is 8.92. The Morgan fingerprint density at radius 2 is 1.90 bits per heavy atom. The number of thioether (sulfide) groups is 1. The van der Waals surface area contributed by atoms with Gasteiger partial charge in [0, 0.05) is 19.1 Å². The fourth-order valence-electron chi connectivity index (χ4n) is 2.60. The molecule has 2 saturated heterocycles. The van der Waals surface area contributed by atoms with Crippen LogP contribution in [0.1, 0.15) is 12.8 Å². The minimum Gasteiger partial charge on any atom is -0.273 e. The maximum Gasteiger partial charge on any atom is 0.289 e. The number of sulfonamides is 1. The first-order chi connectivity index (χ1) is 10.00. The van der Waals surface area contributed by atoms with Crippen molar-refractivity contribution in [2.45, 2.75) is 23.1 Å². The summed E-state index contributed by atoms with van der Waals surface area (Å²) in [5, 5.41) is 1.53. The lowest BCUT2D eigenvalue weighted by Crippen LogP contribution is -2.48. The summed E-state index contributed by atoms with van der Waals surface area (Å²) in [5.74, 6) is 0.0385. The molecule has 0 N–H and O–H groups in total. The molecule has 3 rings (SSSR count). The molecule has 0 unspecified atom stereocenters. The Labute approximate surface area is 131 Å². The van der Waals surface area contributed by atoms with Gasteiger partial charge in [-0.25, -0.2) is 8.42 Å². The van der Waals surface area contributed by atoms with Crippen LogP contribution in [0.2, 0.25) is 0 Å². The highest BCUT2D eigenvalue weighted by Gasteiger charge is 2.39. The second-order valence-electron chi connectivity index (χ2n) is 4.89. The quantitative estimate of drug-likeness (QED) is 0.831. The van der Waals surface area contributed by atoms with E-state index in [0.717, 1.165) is 11.8 Å². The summed E-state index contributed by atoms with van der Waals surface area (Å²) in [6, 6.07) is 3.13. The van der Waals surface area contributed by atoms with E-state index in [0.29, 0.717) is 30.1 Å². The maximum absolute atomic E-state index is 12.4. The summed E-state index contributed by atoms with van der Waals surface area (Å²) in [5.41, 5.74) is 0. The van der Waals surface area contributed by atoms with Gasteiger partial charge in [-0.2, -0.15) is 4.31 Å². The summed E-state index contributed by atoms with van der Waals surface area (Å²) in [6.45, 7) is 0.680. The van der Waals surface area contributed by atoms with Gasteiger partial charge < -0.3 is 0 Å². The largest absolute Gasteiger partial charge is 0.289 e. The lowest BCUT2D eigenvalue weighted by Gasteiger charge is -2.34. The molecule has 6 nitrogen and oxygen atoms in total. The van der Waals surface area contributed by atoms with Crippen molar-refractivity contribution in [3.05, 3.63) is 17.5 Å². The minimum absolute atomic E-state index is 0.162. The first kappa shape index (κ1) is 15.0. The van der Waals surface area contributed by atoms with Gasteiger partial charge in [0.15, 0.2) is 0 Å². The minimum atomic E-state index is -3.43. The monoisotopic (exact) mass is 346 g/mol. The SMILES string of the molecule is O=C1CSC(=O)N1C1CCN(S(=O)(=O)c2cccs2)CC1. The number of carbonyl (C=O) groups excluding carboxylic acids is 2. The molecule has 2 aliphatic rings. The van der Waals surface area contributed by atoms with Gasteiger partial charge in [0.2, 0.25) is 5.91 Å². The normalized spacial score (nSPS) is 22.2. The van der Waals surface area contributed by atoms with Crippen molar-refractivity contribution < 1.29 is 18.0 Å². The zero-order chi connectivity index (χ0) is 15.0. The molecule has 0 saturated carbocycles. The molecule has 2 amide bonds. The Morgan fingerprint density at radius 1 is 1.19 bits per heavy atom. The van der Waals surface area contributed by atoms with Gasteiger partial charge >= 0.3 is 0 Å². The predicted molar refractivity (Wildman–Crippen MR) is 80.8 cm³/mol. The molecule has 0 aromatic carbocycles. The number of hydrogen-bond acceptors (Lipinski definition) is 6. The first-order valence-corrected chi connectivity index (χ1v) is 9.83. The van der Waals surface area contributed by atoms with Crippen LogP contribution in [0, 0.1) is 0 Å². The summed E-state index contributed by atoms with van der Waals surface area (Å²) in [7, 11) is -3.43. The van der Waals surface area contributed by atoms with Crippen molar-refractivity contribution >= 4 is 44.3 Å². The van der Waals surface area contributed by atoms with E-state index in [9.17, 15) is 18.0 Å². The molecular formula is C12H14N2O4S3. The Kier molecular flexibility index (Phi) is 4.08. The highest BCUT2D eigenvalue weighted by Crippen LogP contribution is 2.29. The molecule has 3 heterocycles. The summed E-state index contributed by atoms with van der Waals surface area (Å²) < 4.78 is 26.6. The zero-order valence-corrected chi connectivity index (χ0v) is 13.5. The van der Waals surface area contributed by atoms with Crippen LogP contribution in [0.4, 0.5) is 4.79 Å². The van der Waals surface area contributed by atoms with Gasteiger partial charge in [0.25, 0.3) is 15.3 Å². The van der Waals surface area contributed by atoms with Crippen LogP contribution in [-0.4, -0.2) is 53.7 Å². The standard InChI is InChI=1S/C12H14N2O4S3/c15-10-8-20-12(16)14(10)9-3-5-13(6-4-9)21(17,18)11-2-1-7-19-11/h1-2,7,9H,3-6,8H2. The van der Waals surface area contributed by atoms with Crippen molar-refractivity contribution in [1.82, 2.24) is 9.21 Å². The van der Waals surface area contributed by atoms with E-state index in [1.807, 2.05) is 0 Å². The number of thiophene rings is 1. The molecule has 1 aromatic rings. The molecular weight excluding hydrogens is 332 g/mol. The number of rotatable bonds is 3. The van der Waals surface area contributed by atoms with Gasteiger partial charge in [0.05, 0.1) is 5.75 Å². The van der Waals surface area contributed by atoms with Crippen LogP contribution in [0.15, 0.2) is 21.7 Å². The number of imide groups is 1. The smallest absolute Gasteiger partial charge is 0.273 e. The van der Waals surface area contributed by atoms with Crippen LogP contribution in [0.5, 0.6) is 0 Å².